The van der Waals surface area contributed by atoms with E-state index >= 15 is 0 Å². The minimum atomic E-state index is -3.74. The van der Waals surface area contributed by atoms with E-state index in [4.69, 9.17) is 16.1 Å². The molecule has 0 unspecified atom stereocenters. The molecule has 2 aromatic heterocycles. The van der Waals surface area contributed by atoms with Crippen LogP contribution < -0.4 is 4.72 Å². The molecule has 25 heavy (non-hydrogen) atoms. The zero-order valence-electron chi connectivity index (χ0n) is 12.5. The van der Waals surface area contributed by atoms with E-state index in [0.717, 1.165) is 10.3 Å². The van der Waals surface area contributed by atoms with Crippen LogP contribution in [0, 0.1) is 0 Å². The van der Waals surface area contributed by atoms with Gasteiger partial charge in [-0.05, 0) is 30.3 Å². The van der Waals surface area contributed by atoms with E-state index in [1.165, 1.54) is 29.7 Å². The Labute approximate surface area is 152 Å². The van der Waals surface area contributed by atoms with Crippen molar-refractivity contribution in [3.63, 3.8) is 0 Å². The van der Waals surface area contributed by atoms with Gasteiger partial charge in [-0.25, -0.2) is 13.4 Å². The van der Waals surface area contributed by atoms with Crippen LogP contribution in [0.5, 0.6) is 0 Å². The molecule has 0 saturated heterocycles. The largest absolute Gasteiger partial charge is 0.364 e. The molecule has 0 aliphatic heterocycles. The third-order valence-corrected chi connectivity index (χ3v) is 6.14. The molecular weight excluding hydrogens is 382 g/mol. The van der Waals surface area contributed by atoms with Gasteiger partial charge < -0.3 is 4.52 Å². The Bertz CT molecular complexity index is 1140. The maximum absolute atomic E-state index is 12.5. The van der Waals surface area contributed by atoms with Gasteiger partial charge in [0.25, 0.3) is 10.0 Å². The van der Waals surface area contributed by atoms with Crippen LogP contribution in [0.2, 0.25) is 5.02 Å². The predicted octanol–water partition coefficient (Wildman–Crippen LogP) is 4.41. The van der Waals surface area contributed by atoms with E-state index in [-0.39, 0.29) is 10.0 Å². The summed E-state index contributed by atoms with van der Waals surface area (Å²) in [5, 5.41) is 4.66. The van der Waals surface area contributed by atoms with E-state index in [1.807, 2.05) is 0 Å². The van der Waals surface area contributed by atoms with Crippen molar-refractivity contribution < 1.29 is 12.9 Å². The minimum Gasteiger partial charge on any atom is -0.364 e. The SMILES string of the molecule is O=S(=O)(Nc1nc2cc(Cl)ccc2s1)c1ccc(-c2ccon2)cc1. The highest BCUT2D eigenvalue weighted by molar-refractivity contribution is 7.93. The first-order valence-electron chi connectivity index (χ1n) is 7.11. The molecule has 4 aromatic rings. The number of aromatic nitrogens is 2. The van der Waals surface area contributed by atoms with E-state index in [0.29, 0.717) is 16.2 Å². The van der Waals surface area contributed by atoms with Crippen LogP contribution in [0.3, 0.4) is 0 Å². The standard InChI is InChI=1S/C16H10ClN3O3S2/c17-11-3-6-15-14(9-11)18-16(24-15)20-25(21,22)12-4-1-10(2-5-12)13-7-8-23-19-13/h1-9H,(H,18,20). The summed E-state index contributed by atoms with van der Waals surface area (Å²) in [5.74, 6) is 0. The molecule has 2 aromatic carbocycles. The van der Waals surface area contributed by atoms with Crippen LogP contribution in [0.15, 0.2) is 64.2 Å². The van der Waals surface area contributed by atoms with Crippen LogP contribution in [0.25, 0.3) is 21.5 Å². The second-order valence-corrected chi connectivity index (χ2v) is 8.30. The molecular formula is C16H10ClN3O3S2. The maximum Gasteiger partial charge on any atom is 0.263 e. The summed E-state index contributed by atoms with van der Waals surface area (Å²) >= 11 is 7.17. The molecule has 0 atom stereocenters. The number of rotatable bonds is 4. The van der Waals surface area contributed by atoms with E-state index in [1.54, 1.807) is 36.4 Å². The third-order valence-electron chi connectivity index (χ3n) is 3.47. The van der Waals surface area contributed by atoms with E-state index in [2.05, 4.69) is 14.9 Å². The van der Waals surface area contributed by atoms with Gasteiger partial charge in [-0.3, -0.25) is 4.72 Å². The second kappa shape index (κ2) is 6.14. The first kappa shape index (κ1) is 16.1. The molecule has 0 bridgehead atoms. The highest BCUT2D eigenvalue weighted by Crippen LogP contribution is 2.29. The third kappa shape index (κ3) is 3.23. The van der Waals surface area contributed by atoms with Crippen molar-refractivity contribution in [3.05, 3.63) is 59.8 Å². The molecule has 126 valence electrons. The Morgan fingerprint density at radius 3 is 2.60 bits per heavy atom. The normalized spacial score (nSPS) is 11.7. The summed E-state index contributed by atoms with van der Waals surface area (Å²) in [6, 6.07) is 13.3. The molecule has 0 aliphatic rings. The summed E-state index contributed by atoms with van der Waals surface area (Å²) in [6.45, 7) is 0. The predicted molar refractivity (Wildman–Crippen MR) is 97.4 cm³/mol. The second-order valence-electron chi connectivity index (χ2n) is 5.15. The molecule has 2 heterocycles. The molecule has 0 aliphatic carbocycles. The fourth-order valence-corrected chi connectivity index (χ4v) is 4.53. The van der Waals surface area contributed by atoms with Gasteiger partial charge in [0.15, 0.2) is 5.13 Å². The van der Waals surface area contributed by atoms with Crippen LogP contribution in [-0.4, -0.2) is 18.6 Å². The zero-order valence-corrected chi connectivity index (χ0v) is 14.9. The number of nitrogens with one attached hydrogen (secondary N) is 1. The fraction of sp³-hybridized carbons (Fsp3) is 0. The summed E-state index contributed by atoms with van der Waals surface area (Å²) < 4.78 is 33.2. The lowest BCUT2D eigenvalue weighted by atomic mass is 10.2. The molecule has 0 amide bonds. The number of anilines is 1. The Hall–Kier alpha value is -2.42. The smallest absolute Gasteiger partial charge is 0.263 e. The summed E-state index contributed by atoms with van der Waals surface area (Å²) in [7, 11) is -3.74. The lowest BCUT2D eigenvalue weighted by molar-refractivity contribution is 0.422. The average Bonchev–Trinajstić information content (AvgIpc) is 3.23. The molecule has 4 rings (SSSR count). The summed E-state index contributed by atoms with van der Waals surface area (Å²) in [4.78, 5) is 4.40. The Balaban J connectivity index is 1.62. The number of thiazole rings is 1. The molecule has 0 saturated carbocycles. The lowest BCUT2D eigenvalue weighted by Gasteiger charge is -2.05. The minimum absolute atomic E-state index is 0.136. The van der Waals surface area contributed by atoms with Crippen molar-refractivity contribution in [3.8, 4) is 11.3 Å². The number of sulfonamides is 1. The van der Waals surface area contributed by atoms with Gasteiger partial charge in [0.05, 0.1) is 15.1 Å². The van der Waals surface area contributed by atoms with Gasteiger partial charge in [-0.15, -0.1) is 0 Å². The van der Waals surface area contributed by atoms with Gasteiger partial charge in [0.2, 0.25) is 0 Å². The zero-order chi connectivity index (χ0) is 17.4. The first-order valence-corrected chi connectivity index (χ1v) is 9.79. The van der Waals surface area contributed by atoms with E-state index < -0.39 is 10.0 Å². The number of hydrogen-bond acceptors (Lipinski definition) is 6. The van der Waals surface area contributed by atoms with Crippen LogP contribution in [-0.2, 0) is 10.0 Å². The van der Waals surface area contributed by atoms with Crippen LogP contribution >= 0.6 is 22.9 Å². The van der Waals surface area contributed by atoms with E-state index in [9.17, 15) is 8.42 Å². The average molecular weight is 392 g/mol. The summed E-state index contributed by atoms with van der Waals surface area (Å²) in [5.41, 5.74) is 2.05. The van der Waals surface area contributed by atoms with Gasteiger partial charge in [-0.2, -0.15) is 0 Å². The van der Waals surface area contributed by atoms with Crippen molar-refractivity contribution in [1.29, 1.82) is 0 Å². The Morgan fingerprint density at radius 2 is 1.88 bits per heavy atom. The van der Waals surface area contributed by atoms with Crippen molar-refractivity contribution >= 4 is 48.3 Å². The Morgan fingerprint density at radius 1 is 1.08 bits per heavy atom. The Kier molecular flexibility index (Phi) is 3.95. The van der Waals surface area contributed by atoms with Crippen molar-refractivity contribution in [1.82, 2.24) is 10.1 Å². The molecule has 0 radical (unpaired) electrons. The van der Waals surface area contributed by atoms with Gasteiger partial charge in [-0.1, -0.05) is 40.2 Å². The van der Waals surface area contributed by atoms with Crippen LogP contribution in [0.1, 0.15) is 0 Å². The number of hydrogen-bond donors (Lipinski definition) is 1. The number of fused-ring (bicyclic) bond motifs is 1. The van der Waals surface area contributed by atoms with Crippen molar-refractivity contribution in [2.75, 3.05) is 4.72 Å². The lowest BCUT2D eigenvalue weighted by Crippen LogP contribution is -2.12. The molecule has 0 fully saturated rings. The number of nitrogens with zero attached hydrogens (tertiary/aromatic N) is 2. The van der Waals surface area contributed by atoms with Gasteiger partial charge >= 0.3 is 0 Å². The topological polar surface area (TPSA) is 85.1 Å². The number of halogens is 1. The highest BCUT2D eigenvalue weighted by Gasteiger charge is 2.17. The van der Waals surface area contributed by atoms with Crippen LogP contribution in [0.4, 0.5) is 5.13 Å². The molecule has 9 heteroatoms. The quantitative estimate of drug-likeness (QED) is 0.557. The molecule has 1 N–H and O–H groups in total. The number of benzene rings is 2. The first-order chi connectivity index (χ1) is 12.0. The van der Waals surface area contributed by atoms with Gasteiger partial charge in [0, 0.05) is 16.7 Å². The molecule has 0 spiro atoms. The van der Waals surface area contributed by atoms with Crippen molar-refractivity contribution in [2.24, 2.45) is 0 Å². The molecule has 6 nitrogen and oxygen atoms in total. The highest BCUT2D eigenvalue weighted by atomic mass is 35.5. The van der Waals surface area contributed by atoms with Gasteiger partial charge in [0.1, 0.15) is 12.0 Å². The van der Waals surface area contributed by atoms with Crippen molar-refractivity contribution in [2.45, 2.75) is 4.90 Å². The fourth-order valence-electron chi connectivity index (χ4n) is 2.28. The monoisotopic (exact) mass is 391 g/mol. The maximum atomic E-state index is 12.5. The summed E-state index contributed by atoms with van der Waals surface area (Å²) in [6.07, 6.45) is 1.46.